The van der Waals surface area contributed by atoms with Crippen LogP contribution in [0.25, 0.3) is 0 Å². The molecule has 1 aromatic heterocycles. The highest BCUT2D eigenvalue weighted by molar-refractivity contribution is 7.09. The van der Waals surface area contributed by atoms with E-state index in [-0.39, 0.29) is 5.41 Å². The van der Waals surface area contributed by atoms with Gasteiger partial charge < -0.3 is 10.1 Å². The topological polar surface area (TPSA) is 34.1 Å². The lowest BCUT2D eigenvalue weighted by molar-refractivity contribution is 0.416. The summed E-state index contributed by atoms with van der Waals surface area (Å²) >= 11 is 1.72. The molecule has 0 saturated carbocycles. The van der Waals surface area contributed by atoms with Gasteiger partial charge in [0.1, 0.15) is 5.75 Å². The fraction of sp³-hybridized carbons (Fsp3) is 0.438. The van der Waals surface area contributed by atoms with Crippen molar-refractivity contribution in [1.82, 2.24) is 4.98 Å². The number of hydrogen-bond acceptors (Lipinski definition) is 4. The summed E-state index contributed by atoms with van der Waals surface area (Å²) in [6.45, 7) is 9.35. The molecule has 0 aliphatic carbocycles. The van der Waals surface area contributed by atoms with Crippen LogP contribution in [-0.2, 0) is 12.0 Å². The molecule has 0 saturated heterocycles. The van der Waals surface area contributed by atoms with E-state index in [2.05, 4.69) is 49.4 Å². The number of methoxy groups -OCH3 is 1. The maximum Gasteiger partial charge on any atom is 0.141 e. The van der Waals surface area contributed by atoms with E-state index in [4.69, 9.17) is 4.74 Å². The Labute approximate surface area is 125 Å². The second kappa shape index (κ2) is 5.83. The molecule has 0 bridgehead atoms. The molecule has 3 nitrogen and oxygen atoms in total. The number of anilines is 1. The molecule has 0 atom stereocenters. The Morgan fingerprint density at radius 2 is 2.05 bits per heavy atom. The van der Waals surface area contributed by atoms with Crippen LogP contribution in [-0.4, -0.2) is 12.1 Å². The van der Waals surface area contributed by atoms with Crippen LogP contribution < -0.4 is 10.1 Å². The summed E-state index contributed by atoms with van der Waals surface area (Å²) in [5, 5.41) is 6.70. The summed E-state index contributed by atoms with van der Waals surface area (Å²) in [5.41, 5.74) is 3.41. The molecule has 4 heteroatoms. The number of hydrogen-bond donors (Lipinski definition) is 1. The molecule has 1 aromatic carbocycles. The van der Waals surface area contributed by atoms with Crippen molar-refractivity contribution in [3.63, 3.8) is 0 Å². The van der Waals surface area contributed by atoms with E-state index in [0.717, 1.165) is 17.1 Å². The molecular weight excluding hydrogens is 268 g/mol. The first-order chi connectivity index (χ1) is 9.40. The Bertz CT molecular complexity index is 584. The zero-order valence-corrected chi connectivity index (χ0v) is 13.6. The molecule has 20 heavy (non-hydrogen) atoms. The van der Waals surface area contributed by atoms with Crippen LogP contribution in [0.3, 0.4) is 0 Å². The van der Waals surface area contributed by atoms with Crippen LogP contribution >= 0.6 is 11.3 Å². The number of thiazole rings is 1. The SMILES string of the molecule is COc1ccc(C)cc1NCc1csc(C(C)(C)C)n1. The molecule has 0 amide bonds. The van der Waals surface area contributed by atoms with E-state index in [1.165, 1.54) is 10.6 Å². The van der Waals surface area contributed by atoms with E-state index >= 15 is 0 Å². The Kier molecular flexibility index (Phi) is 4.33. The minimum Gasteiger partial charge on any atom is -0.495 e. The molecular formula is C16H22N2OS. The van der Waals surface area contributed by atoms with Gasteiger partial charge in [0.2, 0.25) is 0 Å². The lowest BCUT2D eigenvalue weighted by Crippen LogP contribution is -2.11. The monoisotopic (exact) mass is 290 g/mol. The van der Waals surface area contributed by atoms with Gasteiger partial charge in [-0.25, -0.2) is 4.98 Å². The first kappa shape index (κ1) is 14.9. The summed E-state index contributed by atoms with van der Waals surface area (Å²) in [4.78, 5) is 4.69. The summed E-state index contributed by atoms with van der Waals surface area (Å²) in [5.74, 6) is 0.863. The highest BCUT2D eigenvalue weighted by atomic mass is 32.1. The number of ether oxygens (including phenoxy) is 1. The molecule has 1 N–H and O–H groups in total. The van der Waals surface area contributed by atoms with Gasteiger partial charge in [0, 0.05) is 10.8 Å². The van der Waals surface area contributed by atoms with Gasteiger partial charge in [-0.3, -0.25) is 0 Å². The van der Waals surface area contributed by atoms with Crippen LogP contribution in [0.1, 0.15) is 37.0 Å². The average Bonchev–Trinajstić information content (AvgIpc) is 2.85. The van der Waals surface area contributed by atoms with Gasteiger partial charge in [-0.2, -0.15) is 0 Å². The van der Waals surface area contributed by atoms with Crippen molar-refractivity contribution in [1.29, 1.82) is 0 Å². The number of rotatable bonds is 4. The predicted octanol–water partition coefficient (Wildman–Crippen LogP) is 4.37. The molecule has 0 unspecified atom stereocenters. The number of aryl methyl sites for hydroxylation is 1. The lowest BCUT2D eigenvalue weighted by Gasteiger charge is -2.14. The Morgan fingerprint density at radius 1 is 1.30 bits per heavy atom. The third-order valence-corrected chi connectivity index (χ3v) is 4.33. The van der Waals surface area contributed by atoms with Gasteiger partial charge in [-0.05, 0) is 24.6 Å². The van der Waals surface area contributed by atoms with Gasteiger partial charge in [0.05, 0.1) is 30.0 Å². The molecule has 108 valence electrons. The zero-order chi connectivity index (χ0) is 14.8. The fourth-order valence-electron chi connectivity index (χ4n) is 1.88. The summed E-state index contributed by atoms with van der Waals surface area (Å²) in [7, 11) is 1.69. The minimum absolute atomic E-state index is 0.115. The number of nitrogens with one attached hydrogen (secondary N) is 1. The normalized spacial score (nSPS) is 11.4. The second-order valence-electron chi connectivity index (χ2n) is 5.95. The van der Waals surface area contributed by atoms with Crippen LogP contribution in [0, 0.1) is 6.92 Å². The lowest BCUT2D eigenvalue weighted by atomic mass is 9.98. The third-order valence-electron chi connectivity index (χ3n) is 3.01. The van der Waals surface area contributed by atoms with Crippen molar-refractivity contribution in [3.8, 4) is 5.75 Å². The molecule has 2 aromatic rings. The summed E-state index contributed by atoms with van der Waals surface area (Å²) < 4.78 is 5.37. The number of nitrogens with zero attached hydrogens (tertiary/aromatic N) is 1. The quantitative estimate of drug-likeness (QED) is 0.908. The minimum atomic E-state index is 0.115. The van der Waals surface area contributed by atoms with Crippen LogP contribution in [0.4, 0.5) is 5.69 Å². The van der Waals surface area contributed by atoms with E-state index in [1.54, 1.807) is 18.4 Å². The standard InChI is InChI=1S/C16H22N2OS/c1-11-6-7-14(19-5)13(8-11)17-9-12-10-20-15(18-12)16(2,3)4/h6-8,10,17H,9H2,1-5H3. The summed E-state index contributed by atoms with van der Waals surface area (Å²) in [6.07, 6.45) is 0. The first-order valence-electron chi connectivity index (χ1n) is 6.73. The largest absolute Gasteiger partial charge is 0.495 e. The van der Waals surface area contributed by atoms with Crippen LogP contribution in [0.2, 0.25) is 0 Å². The zero-order valence-electron chi connectivity index (χ0n) is 12.8. The smallest absolute Gasteiger partial charge is 0.141 e. The number of benzene rings is 1. The Hall–Kier alpha value is -1.55. The summed E-state index contributed by atoms with van der Waals surface area (Å²) in [6, 6.07) is 6.12. The van der Waals surface area contributed by atoms with Crippen molar-refractivity contribution in [2.75, 3.05) is 12.4 Å². The van der Waals surface area contributed by atoms with Gasteiger partial charge in [-0.15, -0.1) is 11.3 Å². The van der Waals surface area contributed by atoms with Crippen LogP contribution in [0.5, 0.6) is 5.75 Å². The molecule has 0 aliphatic rings. The van der Waals surface area contributed by atoms with Gasteiger partial charge >= 0.3 is 0 Å². The molecule has 2 rings (SSSR count). The van der Waals surface area contributed by atoms with Gasteiger partial charge in [-0.1, -0.05) is 26.8 Å². The molecule has 0 spiro atoms. The van der Waals surface area contributed by atoms with E-state index in [9.17, 15) is 0 Å². The predicted molar refractivity (Wildman–Crippen MR) is 85.9 cm³/mol. The molecule has 0 radical (unpaired) electrons. The number of aromatic nitrogens is 1. The van der Waals surface area contributed by atoms with Crippen molar-refractivity contribution < 1.29 is 4.74 Å². The third kappa shape index (κ3) is 3.51. The van der Waals surface area contributed by atoms with Gasteiger partial charge in [0.15, 0.2) is 0 Å². The fourth-order valence-corrected chi connectivity index (χ4v) is 2.79. The maximum absolute atomic E-state index is 5.37. The molecule has 1 heterocycles. The Balaban J connectivity index is 2.09. The van der Waals surface area contributed by atoms with Crippen molar-refractivity contribution in [3.05, 3.63) is 39.8 Å². The Morgan fingerprint density at radius 3 is 2.65 bits per heavy atom. The highest BCUT2D eigenvalue weighted by Crippen LogP contribution is 2.28. The maximum atomic E-state index is 5.37. The second-order valence-corrected chi connectivity index (χ2v) is 6.81. The molecule has 0 aliphatic heterocycles. The van der Waals surface area contributed by atoms with Crippen molar-refractivity contribution in [2.45, 2.75) is 39.7 Å². The van der Waals surface area contributed by atoms with E-state index in [1.807, 2.05) is 12.1 Å². The highest BCUT2D eigenvalue weighted by Gasteiger charge is 2.17. The first-order valence-corrected chi connectivity index (χ1v) is 7.61. The molecule has 0 fully saturated rings. The average molecular weight is 290 g/mol. The van der Waals surface area contributed by atoms with Crippen molar-refractivity contribution in [2.24, 2.45) is 0 Å². The van der Waals surface area contributed by atoms with E-state index in [0.29, 0.717) is 6.54 Å². The van der Waals surface area contributed by atoms with Crippen LogP contribution in [0.15, 0.2) is 23.6 Å². The van der Waals surface area contributed by atoms with E-state index < -0.39 is 0 Å². The van der Waals surface area contributed by atoms with Gasteiger partial charge in [0.25, 0.3) is 0 Å². The van der Waals surface area contributed by atoms with Crippen molar-refractivity contribution >= 4 is 17.0 Å².